The predicted octanol–water partition coefficient (Wildman–Crippen LogP) is 16.2. The first-order valence-corrected chi connectivity index (χ1v) is 22.9. The van der Waals surface area contributed by atoms with Gasteiger partial charge in [0.25, 0.3) is 0 Å². The third-order valence-electron chi connectivity index (χ3n) is 14.1. The SMILES string of the molecule is CC1(C)c2ccccc2-c2cccc(-c3cccc(-c4cc(-c5cccc(-c6cccc7c6C(C)(C)c6ccccc6-7)c5)cc(-c5nc(-c6ccccc6)nc(-c6ccccc6)n5)c4)c3)c21. The zero-order valence-electron chi connectivity index (χ0n) is 37.5. The molecule has 2 aliphatic carbocycles. The predicted molar refractivity (Wildman–Crippen MR) is 273 cm³/mol. The lowest BCUT2D eigenvalue weighted by Gasteiger charge is -2.25. The second-order valence-electron chi connectivity index (χ2n) is 18.8. The lowest BCUT2D eigenvalue weighted by Crippen LogP contribution is -2.16. The van der Waals surface area contributed by atoms with E-state index in [1.54, 1.807) is 0 Å². The molecule has 0 radical (unpaired) electrons. The standard InChI is InChI=1S/C63H47N3/c1-62(2)55-33-13-11-27-51(55)53-31-17-29-49(57(53)62)44-25-15-23-42(35-44)46-37-47(39-48(38-46)61-65-59(40-19-7-5-8-20-40)64-60(66-61)41-21-9-6-10-22-41)43-24-16-26-45(36-43)50-30-18-32-54-52-28-12-14-34-56(52)63(3,4)58(50)54/h5-39H,1-4H3. The molecule has 0 atom stereocenters. The van der Waals surface area contributed by atoms with E-state index >= 15 is 0 Å². The largest absolute Gasteiger partial charge is 0.208 e. The topological polar surface area (TPSA) is 38.7 Å². The van der Waals surface area contributed by atoms with Gasteiger partial charge in [-0.2, -0.15) is 0 Å². The minimum Gasteiger partial charge on any atom is -0.208 e. The van der Waals surface area contributed by atoms with Crippen molar-refractivity contribution >= 4 is 0 Å². The van der Waals surface area contributed by atoms with Gasteiger partial charge in [-0.15, -0.1) is 0 Å². The molecule has 10 aromatic rings. The van der Waals surface area contributed by atoms with Crippen molar-refractivity contribution in [3.8, 4) is 101 Å². The number of nitrogens with zero attached hydrogens (tertiary/aromatic N) is 3. The van der Waals surface area contributed by atoms with Gasteiger partial charge in [-0.1, -0.05) is 210 Å². The number of hydrogen-bond acceptors (Lipinski definition) is 3. The van der Waals surface area contributed by atoms with Crippen LogP contribution >= 0.6 is 0 Å². The molecule has 314 valence electrons. The summed E-state index contributed by atoms with van der Waals surface area (Å²) >= 11 is 0. The van der Waals surface area contributed by atoms with Crippen LogP contribution in [0.25, 0.3) is 101 Å². The van der Waals surface area contributed by atoms with Gasteiger partial charge >= 0.3 is 0 Å². The Kier molecular flexibility index (Phi) is 9.19. The van der Waals surface area contributed by atoms with Crippen LogP contribution in [0, 0.1) is 0 Å². The van der Waals surface area contributed by atoms with Gasteiger partial charge in [0.05, 0.1) is 0 Å². The Labute approximate surface area is 387 Å². The molecule has 0 fully saturated rings. The van der Waals surface area contributed by atoms with E-state index < -0.39 is 0 Å². The van der Waals surface area contributed by atoms with E-state index in [9.17, 15) is 0 Å². The molecule has 66 heavy (non-hydrogen) atoms. The maximum Gasteiger partial charge on any atom is 0.164 e. The molecule has 3 heteroatoms. The first-order valence-electron chi connectivity index (χ1n) is 22.9. The van der Waals surface area contributed by atoms with Crippen LogP contribution in [-0.2, 0) is 10.8 Å². The summed E-state index contributed by atoms with van der Waals surface area (Å²) in [5.74, 6) is 1.90. The average molecular weight is 846 g/mol. The van der Waals surface area contributed by atoms with Gasteiger partial charge in [-0.25, -0.2) is 15.0 Å². The number of hydrogen-bond donors (Lipinski definition) is 0. The average Bonchev–Trinajstić information content (AvgIpc) is 3.76. The summed E-state index contributed by atoms with van der Waals surface area (Å²) < 4.78 is 0. The fraction of sp³-hybridized carbons (Fsp3) is 0.0952. The molecule has 0 aliphatic heterocycles. The maximum absolute atomic E-state index is 5.23. The maximum atomic E-state index is 5.23. The van der Waals surface area contributed by atoms with Crippen molar-refractivity contribution in [2.45, 2.75) is 38.5 Å². The van der Waals surface area contributed by atoms with Gasteiger partial charge in [-0.3, -0.25) is 0 Å². The van der Waals surface area contributed by atoms with Crippen LogP contribution < -0.4 is 0 Å². The van der Waals surface area contributed by atoms with Gasteiger partial charge in [0.15, 0.2) is 17.5 Å². The lowest BCUT2D eigenvalue weighted by atomic mass is 9.78. The molecule has 0 amide bonds. The minimum absolute atomic E-state index is 0.140. The van der Waals surface area contributed by atoms with Crippen LogP contribution in [0.2, 0.25) is 0 Å². The summed E-state index contributed by atoms with van der Waals surface area (Å²) in [7, 11) is 0. The summed E-state index contributed by atoms with van der Waals surface area (Å²) in [5.41, 5.74) is 22.6. The van der Waals surface area contributed by atoms with Crippen LogP contribution in [-0.4, -0.2) is 15.0 Å². The highest BCUT2D eigenvalue weighted by atomic mass is 15.0. The van der Waals surface area contributed by atoms with E-state index in [1.807, 2.05) is 36.4 Å². The van der Waals surface area contributed by atoms with E-state index in [0.717, 1.165) is 38.9 Å². The Bertz CT molecular complexity index is 3300. The second kappa shape index (κ2) is 15.3. The summed E-state index contributed by atoms with van der Waals surface area (Å²) in [6.45, 7) is 9.45. The number of fused-ring (bicyclic) bond motifs is 6. The molecule has 0 saturated heterocycles. The second-order valence-corrected chi connectivity index (χ2v) is 18.8. The Morgan fingerprint density at radius 2 is 0.545 bits per heavy atom. The molecule has 9 aromatic carbocycles. The van der Waals surface area contributed by atoms with Crippen LogP contribution in [0.5, 0.6) is 0 Å². The summed E-state index contributed by atoms with van der Waals surface area (Å²) in [4.78, 5) is 15.5. The third-order valence-corrected chi connectivity index (χ3v) is 14.1. The minimum atomic E-state index is -0.140. The molecular weight excluding hydrogens is 799 g/mol. The third kappa shape index (κ3) is 6.45. The van der Waals surface area contributed by atoms with E-state index in [-0.39, 0.29) is 10.8 Å². The number of benzene rings is 9. The smallest absolute Gasteiger partial charge is 0.164 e. The first kappa shape index (κ1) is 39.6. The Morgan fingerprint density at radius 3 is 1.00 bits per heavy atom. The summed E-state index contributed by atoms with van der Waals surface area (Å²) in [6.07, 6.45) is 0. The highest BCUT2D eigenvalue weighted by Gasteiger charge is 2.38. The highest BCUT2D eigenvalue weighted by molar-refractivity contribution is 5.92. The van der Waals surface area contributed by atoms with Gasteiger partial charge in [-0.05, 0) is 119 Å². The van der Waals surface area contributed by atoms with Gasteiger partial charge in [0.2, 0.25) is 0 Å². The van der Waals surface area contributed by atoms with Crippen molar-refractivity contribution in [2.24, 2.45) is 0 Å². The normalized spacial score (nSPS) is 13.7. The van der Waals surface area contributed by atoms with Gasteiger partial charge in [0.1, 0.15) is 0 Å². The van der Waals surface area contributed by atoms with E-state index in [1.165, 1.54) is 66.8 Å². The van der Waals surface area contributed by atoms with Gasteiger partial charge in [0, 0.05) is 27.5 Å². The van der Waals surface area contributed by atoms with Crippen molar-refractivity contribution in [1.29, 1.82) is 0 Å². The zero-order valence-corrected chi connectivity index (χ0v) is 37.5. The van der Waals surface area contributed by atoms with Crippen molar-refractivity contribution in [3.05, 3.63) is 235 Å². The lowest BCUT2D eigenvalue weighted by molar-refractivity contribution is 0.662. The monoisotopic (exact) mass is 845 g/mol. The van der Waals surface area contributed by atoms with Crippen LogP contribution in [0.15, 0.2) is 212 Å². The molecule has 0 spiro atoms. The van der Waals surface area contributed by atoms with Crippen molar-refractivity contribution in [2.75, 3.05) is 0 Å². The Hall–Kier alpha value is -8.01. The molecule has 0 bridgehead atoms. The fourth-order valence-corrected chi connectivity index (χ4v) is 10.9. The molecule has 3 nitrogen and oxygen atoms in total. The number of aromatic nitrogens is 3. The van der Waals surface area contributed by atoms with Crippen molar-refractivity contribution in [1.82, 2.24) is 15.0 Å². The molecule has 2 aliphatic rings. The van der Waals surface area contributed by atoms with E-state index in [0.29, 0.717) is 17.5 Å². The summed E-state index contributed by atoms with van der Waals surface area (Å²) in [5, 5.41) is 0. The van der Waals surface area contributed by atoms with Crippen LogP contribution in [0.4, 0.5) is 0 Å². The molecule has 0 unspecified atom stereocenters. The van der Waals surface area contributed by atoms with Gasteiger partial charge < -0.3 is 0 Å². The first-order chi connectivity index (χ1) is 32.2. The molecular formula is C63H47N3. The fourth-order valence-electron chi connectivity index (χ4n) is 10.9. The Morgan fingerprint density at radius 1 is 0.242 bits per heavy atom. The summed E-state index contributed by atoms with van der Waals surface area (Å²) in [6, 6.07) is 76.7. The molecule has 1 aromatic heterocycles. The van der Waals surface area contributed by atoms with Crippen LogP contribution in [0.3, 0.4) is 0 Å². The Balaban J connectivity index is 1.04. The molecule has 12 rings (SSSR count). The molecule has 1 heterocycles. The molecule has 0 saturated carbocycles. The van der Waals surface area contributed by atoms with Crippen molar-refractivity contribution in [3.63, 3.8) is 0 Å². The highest BCUT2D eigenvalue weighted by Crippen LogP contribution is 2.54. The quantitative estimate of drug-likeness (QED) is 0.160. The number of rotatable bonds is 7. The zero-order chi connectivity index (χ0) is 44.6. The van der Waals surface area contributed by atoms with Crippen LogP contribution in [0.1, 0.15) is 49.9 Å². The van der Waals surface area contributed by atoms with Crippen molar-refractivity contribution < 1.29 is 0 Å². The molecule has 0 N–H and O–H groups in total. The van der Waals surface area contributed by atoms with E-state index in [4.69, 9.17) is 15.0 Å². The van der Waals surface area contributed by atoms with E-state index in [2.05, 4.69) is 204 Å².